The number of nitrogens with one attached hydrogen (secondary N) is 1. The molecule has 0 amide bonds. The quantitative estimate of drug-likeness (QED) is 0.237. The molecule has 2 aromatic carbocycles. The molecule has 5 aromatic rings. The summed E-state index contributed by atoms with van der Waals surface area (Å²) in [6, 6.07) is 10.0. The number of imidazole rings is 1. The molecule has 1 saturated carbocycles. The molecule has 7 nitrogen and oxygen atoms in total. The van der Waals surface area contributed by atoms with Gasteiger partial charge in [0.2, 0.25) is 0 Å². The maximum Gasteiger partial charge on any atom is 0.261 e. The van der Waals surface area contributed by atoms with E-state index in [1.807, 2.05) is 6.07 Å². The van der Waals surface area contributed by atoms with Gasteiger partial charge in [-0.3, -0.25) is 4.79 Å². The van der Waals surface area contributed by atoms with Gasteiger partial charge in [0.15, 0.2) is 5.76 Å². The number of halogens is 1. The first kappa shape index (κ1) is 26.1. The van der Waals surface area contributed by atoms with E-state index < -0.39 is 5.60 Å². The first-order valence-electron chi connectivity index (χ1n) is 13.5. The lowest BCUT2D eigenvalue weighted by Crippen LogP contribution is -2.17. The average molecular weight is 542 g/mol. The molecule has 1 aliphatic carbocycles. The fourth-order valence-corrected chi connectivity index (χ4v) is 5.30. The highest BCUT2D eigenvalue weighted by Crippen LogP contribution is 2.42. The zero-order valence-electron chi connectivity index (χ0n) is 23.3. The molecule has 0 bridgehead atoms. The van der Waals surface area contributed by atoms with Crippen LogP contribution in [-0.4, -0.2) is 19.6 Å². The third-order valence-corrected chi connectivity index (χ3v) is 7.82. The number of hydrogen-bond donors (Lipinski definition) is 2. The van der Waals surface area contributed by atoms with E-state index in [1.54, 1.807) is 65.3 Å². The van der Waals surface area contributed by atoms with E-state index in [0.717, 1.165) is 18.7 Å². The van der Waals surface area contributed by atoms with Crippen LogP contribution in [0.2, 0.25) is 0 Å². The SMILES string of the molecule is Cc1cc(F)cc(C)c1Oc1ccc(C(C)(C)O)cc1-c1cn(C)c(=O)c2cc(-c3cnc(C4CCC4)[nH]3)oc12. The maximum atomic E-state index is 14.0. The van der Waals surface area contributed by atoms with Crippen molar-refractivity contribution in [2.45, 2.75) is 58.5 Å². The van der Waals surface area contributed by atoms with E-state index in [2.05, 4.69) is 9.97 Å². The van der Waals surface area contributed by atoms with Crippen LogP contribution in [0, 0.1) is 19.7 Å². The molecule has 0 radical (unpaired) electrons. The monoisotopic (exact) mass is 541 g/mol. The Kier molecular flexibility index (Phi) is 6.18. The lowest BCUT2D eigenvalue weighted by molar-refractivity contribution is 0.0786. The van der Waals surface area contributed by atoms with Gasteiger partial charge in [0.25, 0.3) is 5.56 Å². The number of benzene rings is 2. The van der Waals surface area contributed by atoms with Gasteiger partial charge in [-0.05, 0) is 87.6 Å². The summed E-state index contributed by atoms with van der Waals surface area (Å²) in [7, 11) is 1.69. The predicted molar refractivity (Wildman–Crippen MR) is 152 cm³/mol. The molecule has 8 heteroatoms. The molecule has 40 heavy (non-hydrogen) atoms. The van der Waals surface area contributed by atoms with E-state index >= 15 is 0 Å². The minimum Gasteiger partial charge on any atom is -0.456 e. The van der Waals surface area contributed by atoms with Crippen molar-refractivity contribution >= 4 is 11.0 Å². The van der Waals surface area contributed by atoms with Crippen molar-refractivity contribution in [3.63, 3.8) is 0 Å². The van der Waals surface area contributed by atoms with E-state index in [9.17, 15) is 14.3 Å². The number of ether oxygens (including phenoxy) is 1. The van der Waals surface area contributed by atoms with Crippen molar-refractivity contribution in [1.29, 1.82) is 0 Å². The van der Waals surface area contributed by atoms with Crippen molar-refractivity contribution in [2.75, 3.05) is 0 Å². The molecule has 0 aliphatic heterocycles. The standard InChI is InChI=1S/C32H32FN3O4/c1-17-11-21(33)12-18(2)28(17)39-26-10-9-20(32(3,4)38)13-22(26)24-16-36(5)31(37)23-14-27(40-29(23)24)25-15-34-30(35-25)19-7-6-8-19/h9-16,19,38H,6-8H2,1-5H3,(H,34,35). The molecular weight excluding hydrogens is 509 g/mol. The Balaban J connectivity index is 1.54. The van der Waals surface area contributed by atoms with E-state index in [-0.39, 0.29) is 11.4 Å². The molecule has 1 aliphatic rings. The van der Waals surface area contributed by atoms with Gasteiger partial charge < -0.3 is 23.8 Å². The minimum absolute atomic E-state index is 0.196. The molecule has 6 rings (SSSR count). The van der Waals surface area contributed by atoms with Gasteiger partial charge in [-0.25, -0.2) is 9.37 Å². The predicted octanol–water partition coefficient (Wildman–Crippen LogP) is 7.23. The van der Waals surface area contributed by atoms with Gasteiger partial charge in [-0.15, -0.1) is 0 Å². The molecule has 0 saturated heterocycles. The second kappa shape index (κ2) is 9.48. The zero-order chi connectivity index (χ0) is 28.3. The van der Waals surface area contributed by atoms with E-state index in [0.29, 0.717) is 67.7 Å². The number of fused-ring (bicyclic) bond motifs is 1. The Hall–Kier alpha value is -4.17. The van der Waals surface area contributed by atoms with Crippen molar-refractivity contribution in [2.24, 2.45) is 7.05 Å². The van der Waals surface area contributed by atoms with Gasteiger partial charge >= 0.3 is 0 Å². The highest BCUT2D eigenvalue weighted by molar-refractivity contribution is 5.95. The Morgan fingerprint density at radius 3 is 2.50 bits per heavy atom. The van der Waals surface area contributed by atoms with Crippen LogP contribution in [-0.2, 0) is 12.6 Å². The van der Waals surface area contributed by atoms with Crippen LogP contribution in [0.1, 0.15) is 61.5 Å². The van der Waals surface area contributed by atoms with Crippen LogP contribution < -0.4 is 10.3 Å². The number of rotatable bonds is 6. The Bertz CT molecular complexity index is 1800. The molecule has 1 fully saturated rings. The van der Waals surface area contributed by atoms with Crippen LogP contribution in [0.3, 0.4) is 0 Å². The van der Waals surface area contributed by atoms with Gasteiger partial charge in [0.1, 0.15) is 34.4 Å². The number of aryl methyl sites for hydroxylation is 3. The lowest BCUT2D eigenvalue weighted by Gasteiger charge is -2.22. The third kappa shape index (κ3) is 4.52. The summed E-state index contributed by atoms with van der Waals surface area (Å²) in [4.78, 5) is 21.1. The van der Waals surface area contributed by atoms with Crippen LogP contribution in [0.4, 0.5) is 4.39 Å². The molecule has 3 aromatic heterocycles. The van der Waals surface area contributed by atoms with Crippen molar-refractivity contribution in [3.05, 3.63) is 87.5 Å². The number of nitrogens with zero attached hydrogens (tertiary/aromatic N) is 2. The Morgan fingerprint density at radius 1 is 1.12 bits per heavy atom. The smallest absolute Gasteiger partial charge is 0.261 e. The number of H-pyrrole nitrogens is 1. The molecule has 0 unspecified atom stereocenters. The molecule has 0 atom stereocenters. The molecule has 2 N–H and O–H groups in total. The highest BCUT2D eigenvalue weighted by Gasteiger charge is 2.25. The van der Waals surface area contributed by atoms with Crippen molar-refractivity contribution in [1.82, 2.24) is 14.5 Å². The van der Waals surface area contributed by atoms with Crippen molar-refractivity contribution < 1.29 is 18.7 Å². The lowest BCUT2D eigenvalue weighted by atomic mass is 9.85. The van der Waals surface area contributed by atoms with Crippen LogP contribution >= 0.6 is 0 Å². The Labute approximate surface area is 231 Å². The van der Waals surface area contributed by atoms with Crippen LogP contribution in [0.25, 0.3) is 33.6 Å². The van der Waals surface area contributed by atoms with Crippen LogP contribution in [0.15, 0.2) is 58.0 Å². The van der Waals surface area contributed by atoms with Gasteiger partial charge in [0.05, 0.1) is 17.2 Å². The number of hydrogen-bond acceptors (Lipinski definition) is 5. The molecule has 3 heterocycles. The minimum atomic E-state index is -1.13. The zero-order valence-corrected chi connectivity index (χ0v) is 23.3. The Morgan fingerprint density at radius 2 is 1.85 bits per heavy atom. The highest BCUT2D eigenvalue weighted by atomic mass is 19.1. The number of pyridine rings is 1. The maximum absolute atomic E-state index is 14.0. The summed E-state index contributed by atoms with van der Waals surface area (Å²) in [6.45, 7) is 7.00. The summed E-state index contributed by atoms with van der Waals surface area (Å²) in [5, 5.41) is 11.2. The summed E-state index contributed by atoms with van der Waals surface area (Å²) < 4.78 is 28.3. The largest absolute Gasteiger partial charge is 0.456 e. The first-order valence-corrected chi connectivity index (χ1v) is 13.5. The number of aromatic nitrogens is 3. The van der Waals surface area contributed by atoms with Crippen molar-refractivity contribution in [3.8, 4) is 34.1 Å². The van der Waals surface area contributed by atoms with Gasteiger partial charge in [-0.2, -0.15) is 0 Å². The summed E-state index contributed by atoms with van der Waals surface area (Å²) in [5.41, 5.74) is 3.02. The normalized spacial score (nSPS) is 14.1. The summed E-state index contributed by atoms with van der Waals surface area (Å²) in [5.74, 6) is 2.59. The molecule has 0 spiro atoms. The molecular formula is C32H32FN3O4. The number of furan rings is 1. The first-order chi connectivity index (χ1) is 19.0. The average Bonchev–Trinajstić information content (AvgIpc) is 3.50. The summed E-state index contributed by atoms with van der Waals surface area (Å²) in [6.07, 6.45) is 6.90. The number of aliphatic hydroxyl groups is 1. The third-order valence-electron chi connectivity index (χ3n) is 7.82. The fourth-order valence-electron chi connectivity index (χ4n) is 5.30. The number of aromatic amines is 1. The second-order valence-corrected chi connectivity index (χ2v) is 11.4. The fraction of sp³-hybridized carbons (Fsp3) is 0.312. The van der Waals surface area contributed by atoms with Gasteiger partial charge in [0, 0.05) is 30.3 Å². The second-order valence-electron chi connectivity index (χ2n) is 11.4. The molecule has 206 valence electrons. The van der Waals surface area contributed by atoms with Gasteiger partial charge in [-0.1, -0.05) is 12.5 Å². The van der Waals surface area contributed by atoms with Crippen LogP contribution in [0.5, 0.6) is 11.5 Å². The topological polar surface area (TPSA) is 93.3 Å². The van der Waals surface area contributed by atoms with E-state index in [4.69, 9.17) is 9.15 Å². The van der Waals surface area contributed by atoms with E-state index in [1.165, 1.54) is 23.1 Å². The summed E-state index contributed by atoms with van der Waals surface area (Å²) >= 11 is 0.